The van der Waals surface area contributed by atoms with E-state index in [0.29, 0.717) is 22.9 Å². The lowest BCUT2D eigenvalue weighted by molar-refractivity contribution is -0.384. The van der Waals surface area contributed by atoms with E-state index < -0.39 is 11.0 Å². The number of hydrogen-bond acceptors (Lipinski definition) is 5. The van der Waals surface area contributed by atoms with E-state index in [4.69, 9.17) is 0 Å². The van der Waals surface area contributed by atoms with Crippen LogP contribution in [0.3, 0.4) is 0 Å². The summed E-state index contributed by atoms with van der Waals surface area (Å²) < 4.78 is 1.34. The number of non-ortho nitro benzene ring substituents is 1. The zero-order chi connectivity index (χ0) is 22.0. The van der Waals surface area contributed by atoms with Crippen LogP contribution >= 0.6 is 0 Å². The Morgan fingerprint density at radius 2 is 1.80 bits per heavy atom. The number of nitro benzene ring substituents is 1. The van der Waals surface area contributed by atoms with E-state index in [2.05, 4.69) is 5.10 Å². The van der Waals surface area contributed by atoms with Crippen molar-refractivity contribution in [1.82, 2.24) is 14.7 Å². The van der Waals surface area contributed by atoms with E-state index in [1.165, 1.54) is 21.7 Å². The molecule has 1 aromatic heterocycles. The molecular formula is C22H24N4O4. The highest BCUT2D eigenvalue weighted by atomic mass is 16.6. The zero-order valence-electron chi connectivity index (χ0n) is 17.4. The number of benzene rings is 2. The molecule has 8 heteroatoms. The van der Waals surface area contributed by atoms with Crippen LogP contribution in [0.2, 0.25) is 0 Å². The van der Waals surface area contributed by atoms with Crippen LogP contribution in [0.15, 0.2) is 53.3 Å². The highest BCUT2D eigenvalue weighted by Gasteiger charge is 2.25. The molecule has 30 heavy (non-hydrogen) atoms. The first-order chi connectivity index (χ1) is 14.2. The summed E-state index contributed by atoms with van der Waals surface area (Å²) in [5.41, 5.74) is 0.560. The Bertz CT molecular complexity index is 1170. The molecule has 0 unspecified atom stereocenters. The molecule has 0 N–H and O–H groups in total. The Kier molecular flexibility index (Phi) is 5.96. The van der Waals surface area contributed by atoms with Crippen LogP contribution in [-0.2, 0) is 6.54 Å². The number of carbonyl (C=O) groups excluding carboxylic acids is 1. The Hall–Kier alpha value is -3.55. The van der Waals surface area contributed by atoms with Gasteiger partial charge in [-0.15, -0.1) is 0 Å². The Morgan fingerprint density at radius 3 is 2.43 bits per heavy atom. The topological polar surface area (TPSA) is 98.3 Å². The molecule has 0 aliphatic heterocycles. The molecule has 1 amide bonds. The van der Waals surface area contributed by atoms with Crippen LogP contribution in [0.25, 0.3) is 10.8 Å². The van der Waals surface area contributed by atoms with Gasteiger partial charge in [0, 0.05) is 31.1 Å². The summed E-state index contributed by atoms with van der Waals surface area (Å²) in [4.78, 5) is 38.2. The summed E-state index contributed by atoms with van der Waals surface area (Å²) in [6.07, 6.45) is 0. The van der Waals surface area contributed by atoms with E-state index in [9.17, 15) is 19.7 Å². The molecule has 1 atom stereocenters. The van der Waals surface area contributed by atoms with Gasteiger partial charge >= 0.3 is 0 Å². The summed E-state index contributed by atoms with van der Waals surface area (Å²) in [5, 5.41) is 16.4. The molecule has 0 aliphatic carbocycles. The van der Waals surface area contributed by atoms with Crippen LogP contribution in [-0.4, -0.2) is 32.6 Å². The van der Waals surface area contributed by atoms with Gasteiger partial charge in [-0.05, 0) is 24.5 Å². The smallest absolute Gasteiger partial charge is 0.275 e. The molecular weight excluding hydrogens is 384 g/mol. The fourth-order valence-corrected chi connectivity index (χ4v) is 3.33. The summed E-state index contributed by atoms with van der Waals surface area (Å²) in [7, 11) is 1.63. The van der Waals surface area contributed by atoms with Crippen molar-refractivity contribution < 1.29 is 9.72 Å². The first-order valence-electron chi connectivity index (χ1n) is 9.72. The van der Waals surface area contributed by atoms with Crippen molar-refractivity contribution in [2.24, 2.45) is 5.92 Å². The van der Waals surface area contributed by atoms with Crippen molar-refractivity contribution in [3.63, 3.8) is 0 Å². The van der Waals surface area contributed by atoms with Gasteiger partial charge in [-0.3, -0.25) is 19.7 Å². The molecule has 0 aliphatic rings. The van der Waals surface area contributed by atoms with Crippen molar-refractivity contribution in [3.8, 4) is 0 Å². The van der Waals surface area contributed by atoms with Gasteiger partial charge in [0.1, 0.15) is 0 Å². The number of hydrogen-bond donors (Lipinski definition) is 0. The van der Waals surface area contributed by atoms with Crippen molar-refractivity contribution in [2.45, 2.75) is 33.4 Å². The average molecular weight is 408 g/mol. The molecule has 0 fully saturated rings. The zero-order valence-corrected chi connectivity index (χ0v) is 17.4. The minimum Gasteiger partial charge on any atom is -0.334 e. The number of rotatable bonds is 6. The molecule has 156 valence electrons. The van der Waals surface area contributed by atoms with E-state index in [0.717, 1.165) is 0 Å². The van der Waals surface area contributed by atoms with Crippen molar-refractivity contribution >= 4 is 22.4 Å². The van der Waals surface area contributed by atoms with Crippen LogP contribution in [0.4, 0.5) is 5.69 Å². The predicted octanol–water partition coefficient (Wildman–Crippen LogP) is 3.79. The maximum atomic E-state index is 13.4. The van der Waals surface area contributed by atoms with E-state index >= 15 is 0 Å². The molecule has 0 saturated carbocycles. The number of amides is 1. The van der Waals surface area contributed by atoms with Gasteiger partial charge in [0.25, 0.3) is 17.2 Å². The minimum absolute atomic E-state index is 0.0331. The lowest BCUT2D eigenvalue weighted by atomic mass is 10.1. The quantitative estimate of drug-likeness (QED) is 0.456. The third-order valence-corrected chi connectivity index (χ3v) is 5.07. The van der Waals surface area contributed by atoms with Crippen LogP contribution in [0.5, 0.6) is 0 Å². The van der Waals surface area contributed by atoms with Gasteiger partial charge in [-0.25, -0.2) is 4.68 Å². The molecule has 8 nitrogen and oxygen atoms in total. The molecule has 0 spiro atoms. The second-order valence-electron chi connectivity index (χ2n) is 7.72. The molecule has 1 heterocycles. The minimum atomic E-state index is -0.463. The van der Waals surface area contributed by atoms with E-state index in [1.807, 2.05) is 13.8 Å². The van der Waals surface area contributed by atoms with Gasteiger partial charge in [0.2, 0.25) is 0 Å². The number of fused-ring (bicyclic) bond motifs is 1. The first-order valence-corrected chi connectivity index (χ1v) is 9.72. The second kappa shape index (κ2) is 8.44. The van der Waals surface area contributed by atoms with Crippen LogP contribution in [0, 0.1) is 16.0 Å². The first kappa shape index (κ1) is 21.2. The third kappa shape index (κ3) is 4.07. The van der Waals surface area contributed by atoms with E-state index in [-0.39, 0.29) is 28.8 Å². The lowest BCUT2D eigenvalue weighted by Gasteiger charge is -2.25. The Labute approximate surface area is 173 Å². The molecule has 0 saturated heterocycles. The largest absolute Gasteiger partial charge is 0.334 e. The monoisotopic (exact) mass is 408 g/mol. The standard InChI is InChI=1S/C22H24N4O4/c1-14(2)13-25-21(27)19-11-6-5-10-18(19)20(23-25)22(28)24(4)15(3)16-8-7-9-17(12-16)26(29)30/h5-12,14-15H,13H2,1-4H3/t15-/m0/s1. The number of nitrogens with zero attached hydrogens (tertiary/aromatic N) is 4. The summed E-state index contributed by atoms with van der Waals surface area (Å²) in [6, 6.07) is 12.7. The van der Waals surface area contributed by atoms with Crippen LogP contribution < -0.4 is 5.56 Å². The van der Waals surface area contributed by atoms with Crippen molar-refractivity contribution in [2.75, 3.05) is 7.05 Å². The normalized spacial score (nSPS) is 12.2. The van der Waals surface area contributed by atoms with Gasteiger partial charge in [0.15, 0.2) is 5.69 Å². The second-order valence-corrected chi connectivity index (χ2v) is 7.72. The lowest BCUT2D eigenvalue weighted by Crippen LogP contribution is -2.34. The van der Waals surface area contributed by atoms with Crippen molar-refractivity contribution in [1.29, 1.82) is 0 Å². The van der Waals surface area contributed by atoms with Gasteiger partial charge in [-0.1, -0.05) is 44.2 Å². The highest BCUT2D eigenvalue weighted by molar-refractivity contribution is 6.04. The Morgan fingerprint density at radius 1 is 1.13 bits per heavy atom. The maximum Gasteiger partial charge on any atom is 0.275 e. The van der Waals surface area contributed by atoms with Gasteiger partial charge in [-0.2, -0.15) is 5.10 Å². The highest BCUT2D eigenvalue weighted by Crippen LogP contribution is 2.25. The fourth-order valence-electron chi connectivity index (χ4n) is 3.33. The molecule has 0 radical (unpaired) electrons. The van der Waals surface area contributed by atoms with E-state index in [1.54, 1.807) is 50.4 Å². The summed E-state index contributed by atoms with van der Waals surface area (Å²) in [6.45, 7) is 6.14. The Balaban J connectivity index is 2.05. The predicted molar refractivity (Wildman–Crippen MR) is 114 cm³/mol. The van der Waals surface area contributed by atoms with Crippen molar-refractivity contribution in [3.05, 3.63) is 80.3 Å². The van der Waals surface area contributed by atoms with Gasteiger partial charge in [0.05, 0.1) is 16.4 Å². The molecule has 3 aromatic rings. The summed E-state index contributed by atoms with van der Waals surface area (Å²) in [5.74, 6) is -0.177. The fraction of sp³-hybridized carbons (Fsp3) is 0.318. The third-order valence-electron chi connectivity index (χ3n) is 5.07. The van der Waals surface area contributed by atoms with Gasteiger partial charge < -0.3 is 4.90 Å². The number of nitro groups is 1. The number of carbonyl (C=O) groups is 1. The van der Waals surface area contributed by atoms with Crippen LogP contribution in [0.1, 0.15) is 42.9 Å². The summed E-state index contributed by atoms with van der Waals surface area (Å²) >= 11 is 0. The average Bonchev–Trinajstić information content (AvgIpc) is 2.74. The maximum absolute atomic E-state index is 13.4. The molecule has 0 bridgehead atoms. The SMILES string of the molecule is CC(C)Cn1nc(C(=O)N(C)[C@@H](C)c2cccc([N+](=O)[O-])c2)c2ccccc2c1=O. The molecule has 3 rings (SSSR count). The molecule has 2 aromatic carbocycles. The number of aromatic nitrogens is 2.